The van der Waals surface area contributed by atoms with Gasteiger partial charge in [0.1, 0.15) is 11.5 Å². The predicted octanol–water partition coefficient (Wildman–Crippen LogP) is 14.6. The van der Waals surface area contributed by atoms with Crippen molar-refractivity contribution in [3.8, 4) is 11.5 Å². The summed E-state index contributed by atoms with van der Waals surface area (Å²) in [5.74, 6) is 1.61. The van der Waals surface area contributed by atoms with Gasteiger partial charge >= 0.3 is 0 Å². The summed E-state index contributed by atoms with van der Waals surface area (Å²) < 4.78 is 25.3. The zero-order chi connectivity index (χ0) is 38.8. The largest absolute Gasteiger partial charge is 0.493 e. The minimum Gasteiger partial charge on any atom is -0.493 e. The van der Waals surface area contributed by atoms with E-state index >= 15 is 0 Å². The number of unbranched alkanes of at least 4 members (excludes halogenated alkanes) is 16. The lowest BCUT2D eigenvalue weighted by Crippen LogP contribution is -2.47. The standard InChI is InChI=1S/C45H88O5Si2/c1-38(2)51(11,39(3)4)49-34-28-24-20-16-12-14-18-22-26-32-47-44-31-30-43(37-46)45(36-44)48-33-27-23-19-15-13-17-21-25-29-35-50-52(40(5)6,41(7)8)42(9)10/h30-31,36,38-42,46H,12-29,32-35,37H2,1-11H3. The van der Waals surface area contributed by atoms with Crippen molar-refractivity contribution >= 4 is 16.6 Å². The van der Waals surface area contributed by atoms with E-state index in [2.05, 4.69) is 75.8 Å². The van der Waals surface area contributed by atoms with Gasteiger partial charge in [0.2, 0.25) is 0 Å². The fourth-order valence-corrected chi connectivity index (χ4v) is 16.3. The highest BCUT2D eigenvalue weighted by molar-refractivity contribution is 6.77. The van der Waals surface area contributed by atoms with E-state index in [1.54, 1.807) is 0 Å². The molecule has 0 bridgehead atoms. The van der Waals surface area contributed by atoms with Crippen LogP contribution in [-0.2, 0) is 15.5 Å². The van der Waals surface area contributed by atoms with Crippen LogP contribution in [0.4, 0.5) is 0 Å². The van der Waals surface area contributed by atoms with Crippen LogP contribution in [0, 0.1) is 0 Å². The summed E-state index contributed by atoms with van der Waals surface area (Å²) in [5, 5.41) is 9.83. The van der Waals surface area contributed by atoms with Gasteiger partial charge in [-0.2, -0.15) is 0 Å². The van der Waals surface area contributed by atoms with Crippen molar-refractivity contribution in [1.29, 1.82) is 0 Å². The van der Waals surface area contributed by atoms with Crippen LogP contribution in [0.15, 0.2) is 18.2 Å². The lowest BCUT2D eigenvalue weighted by molar-refractivity contribution is 0.257. The Morgan fingerprint density at radius 1 is 0.462 bits per heavy atom. The highest BCUT2D eigenvalue weighted by Gasteiger charge is 2.44. The molecule has 0 aromatic heterocycles. The second-order valence-electron chi connectivity index (χ2n) is 17.5. The van der Waals surface area contributed by atoms with Crippen molar-refractivity contribution in [3.05, 3.63) is 23.8 Å². The van der Waals surface area contributed by atoms with Crippen LogP contribution in [0.3, 0.4) is 0 Å². The lowest BCUT2D eigenvalue weighted by Gasteiger charge is -2.42. The number of rotatable bonds is 34. The van der Waals surface area contributed by atoms with Gasteiger partial charge < -0.3 is 23.4 Å². The molecule has 0 aliphatic carbocycles. The van der Waals surface area contributed by atoms with Crippen LogP contribution in [0.2, 0.25) is 34.3 Å². The van der Waals surface area contributed by atoms with E-state index in [0.29, 0.717) is 34.3 Å². The molecule has 5 nitrogen and oxygen atoms in total. The maximum Gasteiger partial charge on any atom is 0.200 e. The number of hydrogen-bond donors (Lipinski definition) is 1. The Balaban J connectivity index is 2.09. The molecule has 1 aromatic carbocycles. The van der Waals surface area contributed by atoms with Gasteiger partial charge in [-0.1, -0.05) is 159 Å². The van der Waals surface area contributed by atoms with Gasteiger partial charge in [0.25, 0.3) is 0 Å². The first kappa shape index (κ1) is 49.2. The number of benzene rings is 1. The van der Waals surface area contributed by atoms with Crippen LogP contribution in [0.5, 0.6) is 11.5 Å². The summed E-state index contributed by atoms with van der Waals surface area (Å²) in [6, 6.07) is 5.87. The summed E-state index contributed by atoms with van der Waals surface area (Å²) in [6.45, 7) is 29.3. The van der Waals surface area contributed by atoms with Gasteiger partial charge in [0.15, 0.2) is 16.6 Å². The summed E-state index contributed by atoms with van der Waals surface area (Å²) >= 11 is 0. The molecule has 0 atom stereocenters. The van der Waals surface area contributed by atoms with Gasteiger partial charge in [0.05, 0.1) is 19.8 Å². The molecule has 0 radical (unpaired) electrons. The Morgan fingerprint density at radius 2 is 0.827 bits per heavy atom. The molecule has 7 heteroatoms. The van der Waals surface area contributed by atoms with Gasteiger partial charge in [-0.3, -0.25) is 0 Å². The van der Waals surface area contributed by atoms with E-state index in [-0.39, 0.29) is 6.61 Å². The molecule has 0 spiro atoms. The Labute approximate surface area is 326 Å². The fraction of sp³-hybridized carbons (Fsp3) is 0.867. The summed E-state index contributed by atoms with van der Waals surface area (Å²) in [4.78, 5) is 0. The van der Waals surface area contributed by atoms with Crippen LogP contribution in [0.25, 0.3) is 0 Å². The molecule has 0 amide bonds. The Morgan fingerprint density at radius 3 is 1.21 bits per heavy atom. The highest BCUT2D eigenvalue weighted by Crippen LogP contribution is 2.42. The smallest absolute Gasteiger partial charge is 0.200 e. The van der Waals surface area contributed by atoms with Gasteiger partial charge in [-0.25, -0.2) is 0 Å². The van der Waals surface area contributed by atoms with E-state index in [4.69, 9.17) is 18.3 Å². The van der Waals surface area contributed by atoms with E-state index in [9.17, 15) is 5.11 Å². The predicted molar refractivity (Wildman–Crippen MR) is 231 cm³/mol. The maximum atomic E-state index is 9.83. The summed E-state index contributed by atoms with van der Waals surface area (Å²) in [5.41, 5.74) is 4.21. The number of aliphatic hydroxyl groups is 1. The normalized spacial score (nSPS) is 12.7. The van der Waals surface area contributed by atoms with Gasteiger partial charge in [0, 0.05) is 24.8 Å². The molecule has 0 fully saturated rings. The Bertz CT molecular complexity index is 966. The molecule has 1 N–H and O–H groups in total. The second-order valence-corrected chi connectivity index (χ2v) is 27.9. The number of aliphatic hydroxyl groups excluding tert-OH is 1. The molecule has 1 rings (SSSR count). The molecule has 0 unspecified atom stereocenters. The Kier molecular flexibility index (Phi) is 27.0. The SMILES string of the molecule is CC(C)[Si](C)(OCCCCCCCCCCCOc1ccc(CO)c(OCCCCCCCCCCCO[Si](C(C)C)(C(C)C)C(C)C)c1)C(C)C. The van der Waals surface area contributed by atoms with Crippen molar-refractivity contribution in [3.63, 3.8) is 0 Å². The second kappa shape index (κ2) is 28.5. The number of hydrogen-bond acceptors (Lipinski definition) is 5. The molecule has 0 heterocycles. The Hall–Kier alpha value is -0.866. The number of ether oxygens (including phenoxy) is 2. The van der Waals surface area contributed by atoms with Crippen molar-refractivity contribution < 1.29 is 23.4 Å². The van der Waals surface area contributed by atoms with Gasteiger partial charge in [-0.15, -0.1) is 0 Å². The van der Waals surface area contributed by atoms with Crippen molar-refractivity contribution in [2.75, 3.05) is 26.4 Å². The first-order valence-electron chi connectivity index (χ1n) is 22.1. The quantitative estimate of drug-likeness (QED) is 0.0559. The molecule has 0 saturated heterocycles. The maximum absolute atomic E-state index is 9.83. The van der Waals surface area contributed by atoms with E-state index < -0.39 is 16.6 Å². The first-order valence-corrected chi connectivity index (χ1v) is 26.8. The monoisotopic (exact) mass is 765 g/mol. The van der Waals surface area contributed by atoms with Crippen LogP contribution >= 0.6 is 0 Å². The molecule has 306 valence electrons. The third-order valence-corrected chi connectivity index (χ3v) is 23.6. The van der Waals surface area contributed by atoms with E-state index in [1.165, 1.54) is 103 Å². The molecular formula is C45H88O5Si2. The topological polar surface area (TPSA) is 57.2 Å². The highest BCUT2D eigenvalue weighted by atomic mass is 28.4. The molecule has 1 aromatic rings. The molecule has 0 saturated carbocycles. The molecule has 0 aliphatic rings. The van der Waals surface area contributed by atoms with Crippen molar-refractivity contribution in [2.24, 2.45) is 0 Å². The van der Waals surface area contributed by atoms with Crippen LogP contribution in [-0.4, -0.2) is 48.2 Å². The van der Waals surface area contributed by atoms with E-state index in [1.807, 2.05) is 18.2 Å². The lowest BCUT2D eigenvalue weighted by atomic mass is 10.1. The third kappa shape index (κ3) is 18.6. The molecule has 0 aliphatic heterocycles. The minimum absolute atomic E-state index is 0.0111. The molecular weight excluding hydrogens is 677 g/mol. The average molecular weight is 765 g/mol. The molecule has 52 heavy (non-hydrogen) atoms. The zero-order valence-corrected chi connectivity index (χ0v) is 38.5. The zero-order valence-electron chi connectivity index (χ0n) is 36.5. The third-order valence-electron chi connectivity index (χ3n) is 12.1. The fourth-order valence-electron chi connectivity index (χ4n) is 8.19. The minimum atomic E-state index is -1.71. The summed E-state index contributed by atoms with van der Waals surface area (Å²) in [6.07, 6.45) is 22.7. The summed E-state index contributed by atoms with van der Waals surface area (Å²) in [7, 11) is -3.29. The average Bonchev–Trinajstić information content (AvgIpc) is 3.09. The van der Waals surface area contributed by atoms with Crippen LogP contribution < -0.4 is 9.47 Å². The van der Waals surface area contributed by atoms with Crippen LogP contribution in [0.1, 0.15) is 190 Å². The van der Waals surface area contributed by atoms with Crippen molar-refractivity contribution in [1.82, 2.24) is 0 Å². The first-order chi connectivity index (χ1) is 24.8. The van der Waals surface area contributed by atoms with Gasteiger partial charge in [-0.05, 0) is 72.1 Å². The van der Waals surface area contributed by atoms with E-state index in [0.717, 1.165) is 49.7 Å². The van der Waals surface area contributed by atoms with Crippen molar-refractivity contribution in [2.45, 2.75) is 226 Å².